The summed E-state index contributed by atoms with van der Waals surface area (Å²) < 4.78 is 30.3. The standard InChI is InChI=1S/C32H53NO10/c1-12-23-32(8)21(14-24(34)43-32)18(4)25(35)16(2)15-31(7,39-11)28(19(5)26(36)20(6)29(38)41-23)42-30-27(37)22(33(9)10)13-17(3)40-30/h16-23,27-28,30,37H,12-15H2,1-11H3/t16-,17-,18-,19+,20-,21-,22+,23+,27-,28-,30+,31+,32+/m1/s1. The molecule has 13 atom stereocenters. The number of likely N-dealkylation sites (N-methyl/N-ethyl adjacent to an activating group) is 1. The zero-order chi connectivity index (χ0) is 32.6. The summed E-state index contributed by atoms with van der Waals surface area (Å²) in [6, 6.07) is -0.251. The normalized spacial score (nSPS) is 45.4. The number of aliphatic hydroxyl groups excluding tert-OH is 1. The average Bonchev–Trinajstić information content (AvgIpc) is 3.27. The summed E-state index contributed by atoms with van der Waals surface area (Å²) in [4.78, 5) is 55.9. The van der Waals surface area contributed by atoms with E-state index in [0.29, 0.717) is 12.8 Å². The molecule has 3 rings (SSSR count). The van der Waals surface area contributed by atoms with E-state index >= 15 is 0 Å². The SMILES string of the molecule is CC[C@@H]1OC(=O)[C@H](C)C(=O)[C@H](C)[C@@H](O[C@@H]2O[C@H](C)C[C@H](N(C)C)[C@H]2O)[C@@](C)(OC)C[C@@H](C)C(=O)[C@H](C)[C@H]2CC(=O)O[C@]12C. The van der Waals surface area contributed by atoms with Gasteiger partial charge in [-0.2, -0.15) is 0 Å². The molecule has 3 fully saturated rings. The molecule has 3 saturated heterocycles. The van der Waals surface area contributed by atoms with Crippen LogP contribution >= 0.6 is 0 Å². The van der Waals surface area contributed by atoms with E-state index in [2.05, 4.69) is 0 Å². The first-order valence-electron chi connectivity index (χ1n) is 15.6. The molecule has 3 aliphatic rings. The lowest BCUT2D eigenvalue weighted by Crippen LogP contribution is -2.59. The van der Waals surface area contributed by atoms with Crippen molar-refractivity contribution < 1.29 is 48.0 Å². The molecule has 3 heterocycles. The Hall–Kier alpha value is -1.92. The monoisotopic (exact) mass is 611 g/mol. The number of fused-ring (bicyclic) bond motifs is 1. The minimum atomic E-state index is -1.22. The second-order valence-corrected chi connectivity index (χ2v) is 13.7. The molecule has 43 heavy (non-hydrogen) atoms. The Morgan fingerprint density at radius 2 is 1.63 bits per heavy atom. The van der Waals surface area contributed by atoms with Crippen molar-refractivity contribution in [1.82, 2.24) is 4.90 Å². The first-order valence-corrected chi connectivity index (χ1v) is 15.6. The Kier molecular flexibility index (Phi) is 11.2. The van der Waals surface area contributed by atoms with Crippen molar-refractivity contribution in [1.29, 1.82) is 0 Å². The number of carbonyl (C=O) groups excluding carboxylic acids is 4. The minimum absolute atomic E-state index is 0.0190. The molecule has 0 amide bonds. The van der Waals surface area contributed by atoms with E-state index in [0.717, 1.165) is 0 Å². The summed E-state index contributed by atoms with van der Waals surface area (Å²) in [5, 5.41) is 11.2. The Balaban J connectivity index is 2.09. The molecule has 0 spiro atoms. The van der Waals surface area contributed by atoms with Gasteiger partial charge in [0.15, 0.2) is 12.1 Å². The summed E-state index contributed by atoms with van der Waals surface area (Å²) >= 11 is 0. The van der Waals surface area contributed by atoms with Crippen LogP contribution in [0.3, 0.4) is 0 Å². The number of rotatable bonds is 5. The molecule has 0 radical (unpaired) electrons. The molecule has 1 N–H and O–H groups in total. The fourth-order valence-electron chi connectivity index (χ4n) is 7.49. The molecular formula is C32H53NO10. The van der Waals surface area contributed by atoms with Gasteiger partial charge in [0, 0.05) is 36.8 Å². The van der Waals surface area contributed by atoms with E-state index in [4.69, 9.17) is 23.7 Å². The van der Waals surface area contributed by atoms with Crippen LogP contribution in [0.25, 0.3) is 0 Å². The van der Waals surface area contributed by atoms with Crippen LogP contribution in [0.1, 0.15) is 81.1 Å². The van der Waals surface area contributed by atoms with Gasteiger partial charge in [0.1, 0.15) is 29.5 Å². The average molecular weight is 612 g/mol. The summed E-state index contributed by atoms with van der Waals surface area (Å²) in [5.74, 6) is -5.49. The Morgan fingerprint density at radius 3 is 2.19 bits per heavy atom. The van der Waals surface area contributed by atoms with Gasteiger partial charge in [0.25, 0.3) is 0 Å². The zero-order valence-electron chi connectivity index (χ0n) is 27.7. The highest BCUT2D eigenvalue weighted by Crippen LogP contribution is 2.45. The maximum absolute atomic E-state index is 14.0. The van der Waals surface area contributed by atoms with Gasteiger partial charge in [0.05, 0.1) is 24.2 Å². The van der Waals surface area contributed by atoms with E-state index < -0.39 is 83.1 Å². The van der Waals surface area contributed by atoms with Crippen LogP contribution in [-0.4, -0.2) is 103 Å². The second-order valence-electron chi connectivity index (χ2n) is 13.7. The number of hydrogen-bond acceptors (Lipinski definition) is 11. The van der Waals surface area contributed by atoms with Crippen LogP contribution in [-0.2, 0) is 42.9 Å². The quantitative estimate of drug-likeness (QED) is 0.363. The van der Waals surface area contributed by atoms with Crippen LogP contribution in [0.5, 0.6) is 0 Å². The highest BCUT2D eigenvalue weighted by Gasteiger charge is 2.57. The summed E-state index contributed by atoms with van der Waals surface area (Å²) in [5.41, 5.74) is -2.43. The lowest BCUT2D eigenvalue weighted by atomic mass is 9.70. The Morgan fingerprint density at radius 1 is 1.00 bits per heavy atom. The van der Waals surface area contributed by atoms with Crippen LogP contribution in [0.4, 0.5) is 0 Å². The van der Waals surface area contributed by atoms with E-state index in [1.54, 1.807) is 34.6 Å². The Labute approximate surface area is 256 Å². The largest absolute Gasteiger partial charge is 0.458 e. The number of nitrogens with zero attached hydrogens (tertiary/aromatic N) is 1. The molecule has 11 heteroatoms. The highest BCUT2D eigenvalue weighted by molar-refractivity contribution is 6.00. The third kappa shape index (κ3) is 7.01. The molecule has 246 valence electrons. The third-order valence-corrected chi connectivity index (χ3v) is 10.3. The number of esters is 2. The van der Waals surface area contributed by atoms with E-state index in [1.165, 1.54) is 14.0 Å². The molecule has 0 aromatic rings. The van der Waals surface area contributed by atoms with Crippen molar-refractivity contribution in [3.05, 3.63) is 0 Å². The van der Waals surface area contributed by atoms with Crippen molar-refractivity contribution in [3.63, 3.8) is 0 Å². The van der Waals surface area contributed by atoms with Crippen molar-refractivity contribution in [2.24, 2.45) is 29.6 Å². The molecule has 11 nitrogen and oxygen atoms in total. The predicted octanol–water partition coefficient (Wildman–Crippen LogP) is 2.93. The van der Waals surface area contributed by atoms with Crippen LogP contribution in [0.15, 0.2) is 0 Å². The van der Waals surface area contributed by atoms with E-state index in [9.17, 15) is 24.3 Å². The number of aliphatic hydroxyl groups is 1. The number of ketones is 2. The van der Waals surface area contributed by atoms with Crippen LogP contribution in [0.2, 0.25) is 0 Å². The molecule has 0 aromatic carbocycles. The van der Waals surface area contributed by atoms with Crippen molar-refractivity contribution in [2.45, 2.75) is 129 Å². The van der Waals surface area contributed by atoms with Crippen LogP contribution in [0, 0.1) is 29.6 Å². The minimum Gasteiger partial charge on any atom is -0.458 e. The lowest BCUT2D eigenvalue weighted by Gasteiger charge is -2.47. The van der Waals surface area contributed by atoms with Gasteiger partial charge in [-0.05, 0) is 61.1 Å². The van der Waals surface area contributed by atoms with Crippen molar-refractivity contribution >= 4 is 23.5 Å². The van der Waals surface area contributed by atoms with E-state index in [1.807, 2.05) is 32.8 Å². The second kappa shape index (κ2) is 13.6. The van der Waals surface area contributed by atoms with Crippen molar-refractivity contribution in [2.75, 3.05) is 21.2 Å². The van der Waals surface area contributed by atoms with Gasteiger partial charge >= 0.3 is 11.9 Å². The lowest BCUT2D eigenvalue weighted by molar-refractivity contribution is -0.295. The summed E-state index contributed by atoms with van der Waals surface area (Å²) in [6.07, 6.45) is -3.06. The van der Waals surface area contributed by atoms with E-state index in [-0.39, 0.29) is 30.8 Å². The zero-order valence-corrected chi connectivity index (χ0v) is 27.7. The summed E-state index contributed by atoms with van der Waals surface area (Å²) in [6.45, 7) is 13.9. The van der Waals surface area contributed by atoms with Crippen LogP contribution < -0.4 is 0 Å². The van der Waals surface area contributed by atoms with Gasteiger partial charge in [-0.25, -0.2) is 0 Å². The van der Waals surface area contributed by atoms with Gasteiger partial charge in [0.2, 0.25) is 0 Å². The molecule has 0 unspecified atom stereocenters. The number of Topliss-reactive ketones (excluding diaryl/α,β-unsaturated/α-hetero) is 2. The topological polar surface area (TPSA) is 138 Å². The maximum Gasteiger partial charge on any atom is 0.316 e. The van der Waals surface area contributed by atoms with Gasteiger partial charge in [-0.3, -0.25) is 19.2 Å². The van der Waals surface area contributed by atoms with Gasteiger partial charge in [-0.1, -0.05) is 27.7 Å². The number of methoxy groups -OCH3 is 1. The number of cyclic esters (lactones) is 1. The third-order valence-electron chi connectivity index (χ3n) is 10.3. The molecule has 3 aliphatic heterocycles. The molecule has 0 aromatic heterocycles. The number of carbonyl (C=O) groups is 4. The molecular weight excluding hydrogens is 558 g/mol. The van der Waals surface area contributed by atoms with Crippen molar-refractivity contribution in [3.8, 4) is 0 Å². The summed E-state index contributed by atoms with van der Waals surface area (Å²) in [7, 11) is 5.23. The fraction of sp³-hybridized carbons (Fsp3) is 0.875. The maximum atomic E-state index is 14.0. The van der Waals surface area contributed by atoms with Gasteiger partial charge in [-0.15, -0.1) is 0 Å². The molecule has 0 bridgehead atoms. The Bertz CT molecular complexity index is 1050. The molecule has 0 aliphatic carbocycles. The predicted molar refractivity (Wildman–Crippen MR) is 157 cm³/mol. The smallest absolute Gasteiger partial charge is 0.316 e. The number of ether oxygens (including phenoxy) is 5. The number of hydrogen-bond donors (Lipinski definition) is 1. The first kappa shape index (κ1) is 35.6. The molecule has 0 saturated carbocycles. The highest BCUT2D eigenvalue weighted by atomic mass is 16.7. The van der Waals surface area contributed by atoms with Gasteiger partial charge < -0.3 is 33.7 Å². The first-order chi connectivity index (χ1) is 19.9. The fourth-order valence-corrected chi connectivity index (χ4v) is 7.49.